The third-order valence-corrected chi connectivity index (χ3v) is 3.74. The maximum atomic E-state index is 11.5. The van der Waals surface area contributed by atoms with E-state index in [0.29, 0.717) is 27.9 Å². The van der Waals surface area contributed by atoms with Crippen LogP contribution in [0.5, 0.6) is 17.2 Å². The summed E-state index contributed by atoms with van der Waals surface area (Å²) in [5, 5.41) is 11.3. The minimum absolute atomic E-state index is 0.00321. The van der Waals surface area contributed by atoms with Gasteiger partial charge in [-0.1, -0.05) is 0 Å². The molecule has 0 saturated heterocycles. The second-order valence-electron chi connectivity index (χ2n) is 4.38. The van der Waals surface area contributed by atoms with Crippen LogP contribution in [-0.4, -0.2) is 37.4 Å². The highest BCUT2D eigenvalue weighted by atomic mass is 32.1. The lowest BCUT2D eigenvalue weighted by molar-refractivity contribution is -0.130. The number of hydrogen-bond donors (Lipinski definition) is 2. The molecule has 8 heteroatoms. The van der Waals surface area contributed by atoms with E-state index in [1.807, 2.05) is 0 Å². The fourth-order valence-corrected chi connectivity index (χ4v) is 2.54. The summed E-state index contributed by atoms with van der Waals surface area (Å²) >= 11 is 1.17. The Morgan fingerprint density at radius 2 is 1.78 bits per heavy atom. The quantitative estimate of drug-likeness (QED) is 0.780. The van der Waals surface area contributed by atoms with Crippen LogP contribution in [0.4, 0.5) is 5.13 Å². The largest absolute Gasteiger partial charge is 0.496 e. The number of carboxylic acid groups (broad SMARTS) is 1. The number of rotatable bonds is 6. The Bertz CT molecular complexity index is 754. The molecule has 0 saturated carbocycles. The van der Waals surface area contributed by atoms with Crippen molar-refractivity contribution in [2.24, 2.45) is 0 Å². The van der Waals surface area contributed by atoms with Crippen LogP contribution in [0, 0.1) is 0 Å². The molecule has 0 unspecified atom stereocenters. The van der Waals surface area contributed by atoms with E-state index in [-0.39, 0.29) is 11.3 Å². The molecular weight excluding hydrogens is 320 g/mol. The van der Waals surface area contributed by atoms with Gasteiger partial charge in [-0.05, 0) is 12.1 Å². The fourth-order valence-electron chi connectivity index (χ4n) is 1.98. The number of nitrogens with two attached hydrogens (primary N) is 1. The van der Waals surface area contributed by atoms with Crippen LogP contribution >= 0.6 is 11.3 Å². The zero-order valence-electron chi connectivity index (χ0n) is 12.8. The van der Waals surface area contributed by atoms with E-state index in [4.69, 9.17) is 19.9 Å². The van der Waals surface area contributed by atoms with Gasteiger partial charge in [0.2, 0.25) is 0 Å². The molecular formula is C15H16N2O5S. The van der Waals surface area contributed by atoms with Crippen molar-refractivity contribution in [3.05, 3.63) is 28.8 Å². The second kappa shape index (κ2) is 7.01. The summed E-state index contributed by atoms with van der Waals surface area (Å²) in [6.07, 6.45) is 1.46. The van der Waals surface area contributed by atoms with Gasteiger partial charge in [-0.3, -0.25) is 0 Å². The second-order valence-corrected chi connectivity index (χ2v) is 5.27. The lowest BCUT2D eigenvalue weighted by atomic mass is 10.1. The SMILES string of the molecule is COc1cc(OC)c(OC)cc1C=C(C(=O)O)c1csc(N)n1. The number of carboxylic acids is 1. The molecule has 23 heavy (non-hydrogen) atoms. The van der Waals surface area contributed by atoms with Crippen LogP contribution in [0.25, 0.3) is 11.6 Å². The summed E-state index contributed by atoms with van der Waals surface area (Å²) in [6.45, 7) is 0. The van der Waals surface area contributed by atoms with Crippen LogP contribution in [0.1, 0.15) is 11.3 Å². The van der Waals surface area contributed by atoms with E-state index in [0.717, 1.165) is 0 Å². The summed E-state index contributed by atoms with van der Waals surface area (Å²) < 4.78 is 15.7. The number of methoxy groups -OCH3 is 3. The van der Waals surface area contributed by atoms with Gasteiger partial charge in [0.25, 0.3) is 0 Å². The molecule has 0 fully saturated rings. The van der Waals surface area contributed by atoms with Gasteiger partial charge < -0.3 is 25.1 Å². The van der Waals surface area contributed by atoms with Gasteiger partial charge in [-0.15, -0.1) is 11.3 Å². The first-order valence-corrected chi connectivity index (χ1v) is 7.34. The molecule has 0 aliphatic rings. The van der Waals surface area contributed by atoms with Gasteiger partial charge in [0.15, 0.2) is 16.6 Å². The Morgan fingerprint density at radius 1 is 1.17 bits per heavy atom. The summed E-state index contributed by atoms with van der Waals surface area (Å²) in [4.78, 5) is 15.6. The fraction of sp³-hybridized carbons (Fsp3) is 0.200. The minimum atomic E-state index is -1.12. The predicted octanol–water partition coefficient (Wildman–Crippen LogP) is 2.38. The molecule has 1 aromatic heterocycles. The molecule has 0 spiro atoms. The Labute approximate surface area is 136 Å². The minimum Gasteiger partial charge on any atom is -0.496 e. The monoisotopic (exact) mass is 336 g/mol. The van der Waals surface area contributed by atoms with Gasteiger partial charge in [0.05, 0.1) is 32.6 Å². The zero-order valence-corrected chi connectivity index (χ0v) is 13.6. The molecule has 0 radical (unpaired) electrons. The molecule has 2 rings (SSSR count). The highest BCUT2D eigenvalue weighted by molar-refractivity contribution is 7.13. The van der Waals surface area contributed by atoms with Crippen molar-refractivity contribution in [1.29, 1.82) is 0 Å². The van der Waals surface area contributed by atoms with E-state index in [1.165, 1.54) is 38.7 Å². The summed E-state index contributed by atoms with van der Waals surface area (Å²) in [5.74, 6) is 0.273. The molecule has 1 aromatic carbocycles. The number of hydrogen-bond acceptors (Lipinski definition) is 7. The average Bonchev–Trinajstić information content (AvgIpc) is 2.97. The number of ether oxygens (including phenoxy) is 3. The number of benzene rings is 1. The van der Waals surface area contributed by atoms with E-state index >= 15 is 0 Å². The molecule has 0 aliphatic carbocycles. The highest BCUT2D eigenvalue weighted by Crippen LogP contribution is 2.36. The molecule has 3 N–H and O–H groups in total. The number of carbonyl (C=O) groups is 1. The summed E-state index contributed by atoms with van der Waals surface area (Å²) in [7, 11) is 4.49. The zero-order chi connectivity index (χ0) is 17.0. The number of nitrogen functional groups attached to an aromatic ring is 1. The summed E-state index contributed by atoms with van der Waals surface area (Å²) in [6, 6.07) is 3.26. The molecule has 0 amide bonds. The van der Waals surface area contributed by atoms with E-state index in [1.54, 1.807) is 17.5 Å². The highest BCUT2D eigenvalue weighted by Gasteiger charge is 2.17. The van der Waals surface area contributed by atoms with Crippen LogP contribution in [-0.2, 0) is 4.79 Å². The molecule has 0 aliphatic heterocycles. The maximum absolute atomic E-state index is 11.5. The third-order valence-electron chi connectivity index (χ3n) is 3.06. The van der Waals surface area contributed by atoms with Crippen molar-refractivity contribution >= 4 is 34.1 Å². The first-order valence-electron chi connectivity index (χ1n) is 6.46. The Morgan fingerprint density at radius 3 is 2.26 bits per heavy atom. The summed E-state index contributed by atoms with van der Waals surface area (Å²) in [5.41, 5.74) is 6.39. The van der Waals surface area contributed by atoms with Crippen LogP contribution < -0.4 is 19.9 Å². The standard InChI is InChI=1S/C15H16N2O5S/c1-20-11-6-13(22-3)12(21-2)5-8(11)4-9(14(18)19)10-7-23-15(16)17-10/h4-7H,1-3H3,(H2,16,17)(H,18,19). The Balaban J connectivity index is 2.60. The van der Waals surface area contributed by atoms with Gasteiger partial charge in [0.1, 0.15) is 5.75 Å². The van der Waals surface area contributed by atoms with Crippen LogP contribution in [0.2, 0.25) is 0 Å². The van der Waals surface area contributed by atoms with E-state index < -0.39 is 5.97 Å². The van der Waals surface area contributed by atoms with Gasteiger partial charge in [-0.2, -0.15) is 0 Å². The molecule has 0 bridgehead atoms. The van der Waals surface area contributed by atoms with E-state index in [2.05, 4.69) is 4.98 Å². The molecule has 0 atom stereocenters. The van der Waals surface area contributed by atoms with Crippen molar-refractivity contribution in [2.45, 2.75) is 0 Å². The van der Waals surface area contributed by atoms with Gasteiger partial charge >= 0.3 is 5.97 Å². The van der Waals surface area contributed by atoms with Crippen LogP contribution in [0.3, 0.4) is 0 Å². The predicted molar refractivity (Wildman–Crippen MR) is 88.1 cm³/mol. The lowest BCUT2D eigenvalue weighted by Gasteiger charge is -2.12. The smallest absolute Gasteiger partial charge is 0.337 e. The van der Waals surface area contributed by atoms with Gasteiger partial charge in [0, 0.05) is 17.0 Å². The molecule has 7 nitrogen and oxygen atoms in total. The normalized spacial score (nSPS) is 11.2. The number of nitrogens with zero attached hydrogens (tertiary/aromatic N) is 1. The third kappa shape index (κ3) is 3.54. The maximum Gasteiger partial charge on any atom is 0.337 e. The van der Waals surface area contributed by atoms with Crippen LogP contribution in [0.15, 0.2) is 17.5 Å². The number of anilines is 1. The van der Waals surface area contributed by atoms with Crippen molar-refractivity contribution in [3.8, 4) is 17.2 Å². The molecule has 2 aromatic rings. The molecule has 1 heterocycles. The Kier molecular flexibility index (Phi) is 5.07. The van der Waals surface area contributed by atoms with Crippen molar-refractivity contribution in [2.75, 3.05) is 27.1 Å². The van der Waals surface area contributed by atoms with E-state index in [9.17, 15) is 9.90 Å². The number of aromatic nitrogens is 1. The lowest BCUT2D eigenvalue weighted by Crippen LogP contribution is -2.01. The van der Waals surface area contributed by atoms with Gasteiger partial charge in [-0.25, -0.2) is 9.78 Å². The van der Waals surface area contributed by atoms with Crippen molar-refractivity contribution < 1.29 is 24.1 Å². The topological polar surface area (TPSA) is 104 Å². The average molecular weight is 336 g/mol. The number of aliphatic carboxylic acids is 1. The first kappa shape index (κ1) is 16.6. The number of thiazole rings is 1. The van der Waals surface area contributed by atoms with Crippen molar-refractivity contribution in [1.82, 2.24) is 4.98 Å². The van der Waals surface area contributed by atoms with Crippen molar-refractivity contribution in [3.63, 3.8) is 0 Å². The first-order chi connectivity index (χ1) is 11.0. The Hall–Kier alpha value is -2.74. The molecule has 122 valence electrons.